The zero-order valence-corrected chi connectivity index (χ0v) is 11.6. The molecule has 0 aliphatic rings. The van der Waals surface area contributed by atoms with Crippen LogP contribution >= 0.6 is 11.6 Å². The number of carbonyl (C=O) groups excluding carboxylic acids is 1. The van der Waals surface area contributed by atoms with Gasteiger partial charge in [-0.2, -0.15) is 0 Å². The molecule has 1 aromatic heterocycles. The van der Waals surface area contributed by atoms with E-state index in [0.717, 1.165) is 17.0 Å². The number of benzene rings is 2. The van der Waals surface area contributed by atoms with Crippen molar-refractivity contribution in [3.05, 3.63) is 71.1 Å². The number of nitrogens with zero attached hydrogens (tertiary/aromatic N) is 1. The first kappa shape index (κ1) is 13.5. The van der Waals surface area contributed by atoms with E-state index in [4.69, 9.17) is 11.6 Å². The number of nitrogens with one attached hydrogen (secondary N) is 1. The Morgan fingerprint density at radius 2 is 1.95 bits per heavy atom. The summed E-state index contributed by atoms with van der Waals surface area (Å²) in [5.74, 6) is -0.888. The van der Waals surface area contributed by atoms with Gasteiger partial charge in [-0.05, 0) is 30.3 Å². The number of amides is 1. The molecule has 0 spiro atoms. The van der Waals surface area contributed by atoms with Crippen molar-refractivity contribution >= 4 is 34.1 Å². The standard InChI is InChI=1S/C16H10ClFN2O/c17-14-8-11(18)5-6-13(14)16(21)20-12-7-10-3-1-2-4-15(10)19-9-12/h1-9H,(H,20,21). The number of pyridine rings is 1. The van der Waals surface area contributed by atoms with Crippen LogP contribution in [-0.2, 0) is 0 Å². The van der Waals surface area contributed by atoms with Crippen molar-refractivity contribution in [3.8, 4) is 0 Å². The van der Waals surface area contributed by atoms with Crippen LogP contribution in [0.25, 0.3) is 10.9 Å². The first-order valence-electron chi connectivity index (χ1n) is 6.25. The molecule has 0 bridgehead atoms. The number of aromatic nitrogens is 1. The zero-order chi connectivity index (χ0) is 14.8. The van der Waals surface area contributed by atoms with Crippen LogP contribution in [0.4, 0.5) is 10.1 Å². The van der Waals surface area contributed by atoms with Crippen molar-refractivity contribution in [1.82, 2.24) is 4.98 Å². The molecule has 5 heteroatoms. The Morgan fingerprint density at radius 1 is 1.14 bits per heavy atom. The van der Waals surface area contributed by atoms with E-state index in [1.807, 2.05) is 30.3 Å². The maximum absolute atomic E-state index is 13.0. The highest BCUT2D eigenvalue weighted by atomic mass is 35.5. The van der Waals surface area contributed by atoms with Gasteiger partial charge in [-0.25, -0.2) is 4.39 Å². The molecule has 0 saturated carbocycles. The molecule has 0 aliphatic carbocycles. The number of hydrogen-bond donors (Lipinski definition) is 1. The summed E-state index contributed by atoms with van der Waals surface area (Å²) in [5, 5.41) is 3.69. The van der Waals surface area contributed by atoms with E-state index in [1.54, 1.807) is 6.20 Å². The molecule has 0 aliphatic heterocycles. The van der Waals surface area contributed by atoms with Gasteiger partial charge in [0.25, 0.3) is 5.91 Å². The fourth-order valence-electron chi connectivity index (χ4n) is 2.01. The lowest BCUT2D eigenvalue weighted by molar-refractivity contribution is 0.102. The van der Waals surface area contributed by atoms with Crippen LogP contribution < -0.4 is 5.32 Å². The number of carbonyl (C=O) groups is 1. The van der Waals surface area contributed by atoms with Gasteiger partial charge in [-0.1, -0.05) is 29.8 Å². The van der Waals surface area contributed by atoms with Gasteiger partial charge in [0.15, 0.2) is 0 Å². The van der Waals surface area contributed by atoms with Crippen LogP contribution in [0.5, 0.6) is 0 Å². The number of rotatable bonds is 2. The molecule has 104 valence electrons. The SMILES string of the molecule is O=C(Nc1cnc2ccccc2c1)c1ccc(F)cc1Cl. The lowest BCUT2D eigenvalue weighted by Crippen LogP contribution is -2.12. The summed E-state index contributed by atoms with van der Waals surface area (Å²) < 4.78 is 13.0. The highest BCUT2D eigenvalue weighted by molar-refractivity contribution is 6.34. The second-order valence-corrected chi connectivity index (χ2v) is 4.90. The first-order chi connectivity index (χ1) is 10.1. The number of halogens is 2. The smallest absolute Gasteiger partial charge is 0.257 e. The molecular formula is C16H10ClFN2O. The Bertz CT molecular complexity index is 835. The highest BCUT2D eigenvalue weighted by Gasteiger charge is 2.11. The molecule has 21 heavy (non-hydrogen) atoms. The van der Waals surface area contributed by atoms with Crippen LogP contribution in [0.3, 0.4) is 0 Å². The van der Waals surface area contributed by atoms with E-state index in [2.05, 4.69) is 10.3 Å². The van der Waals surface area contributed by atoms with E-state index in [0.29, 0.717) is 5.69 Å². The Balaban J connectivity index is 1.89. The number of hydrogen-bond acceptors (Lipinski definition) is 2. The van der Waals surface area contributed by atoms with Gasteiger partial charge in [0.1, 0.15) is 5.82 Å². The number of fused-ring (bicyclic) bond motifs is 1. The topological polar surface area (TPSA) is 42.0 Å². The van der Waals surface area contributed by atoms with E-state index < -0.39 is 11.7 Å². The average Bonchev–Trinajstić information content (AvgIpc) is 2.47. The minimum absolute atomic E-state index is 0.0706. The fourth-order valence-corrected chi connectivity index (χ4v) is 2.26. The van der Waals surface area contributed by atoms with E-state index in [1.165, 1.54) is 12.1 Å². The summed E-state index contributed by atoms with van der Waals surface area (Å²) in [4.78, 5) is 16.4. The zero-order valence-electron chi connectivity index (χ0n) is 10.8. The minimum atomic E-state index is -0.482. The number of anilines is 1. The summed E-state index contributed by atoms with van der Waals surface area (Å²) >= 11 is 5.87. The second-order valence-electron chi connectivity index (χ2n) is 4.49. The second kappa shape index (κ2) is 5.50. The average molecular weight is 301 g/mol. The molecule has 1 N–H and O–H groups in total. The Kier molecular flexibility index (Phi) is 3.54. The van der Waals surface area contributed by atoms with Gasteiger partial charge >= 0.3 is 0 Å². The normalized spacial score (nSPS) is 10.6. The van der Waals surface area contributed by atoms with Gasteiger partial charge in [0.2, 0.25) is 0 Å². The highest BCUT2D eigenvalue weighted by Crippen LogP contribution is 2.20. The summed E-state index contributed by atoms with van der Waals surface area (Å²) in [5.41, 5.74) is 1.61. The van der Waals surface area contributed by atoms with Crippen molar-refractivity contribution in [2.75, 3.05) is 5.32 Å². The lowest BCUT2D eigenvalue weighted by Gasteiger charge is -2.07. The molecule has 1 amide bonds. The van der Waals surface area contributed by atoms with Crippen molar-refractivity contribution < 1.29 is 9.18 Å². The van der Waals surface area contributed by atoms with Crippen LogP contribution in [0.2, 0.25) is 5.02 Å². The Hall–Kier alpha value is -2.46. The van der Waals surface area contributed by atoms with Crippen LogP contribution in [0, 0.1) is 5.82 Å². The minimum Gasteiger partial charge on any atom is -0.321 e. The monoisotopic (exact) mass is 300 g/mol. The predicted octanol–water partition coefficient (Wildman–Crippen LogP) is 4.28. The molecule has 3 nitrogen and oxygen atoms in total. The third-order valence-electron chi connectivity index (χ3n) is 3.02. The fraction of sp³-hybridized carbons (Fsp3) is 0. The molecular weight excluding hydrogens is 291 g/mol. The molecule has 0 atom stereocenters. The van der Waals surface area contributed by atoms with Crippen molar-refractivity contribution in [1.29, 1.82) is 0 Å². The van der Waals surface area contributed by atoms with Gasteiger partial charge in [-0.15, -0.1) is 0 Å². The molecule has 3 rings (SSSR count). The predicted molar refractivity (Wildman–Crippen MR) is 81.1 cm³/mol. The summed E-state index contributed by atoms with van der Waals surface area (Å²) in [6.45, 7) is 0. The molecule has 0 unspecified atom stereocenters. The quantitative estimate of drug-likeness (QED) is 0.767. The Labute approximate surface area is 125 Å². The third-order valence-corrected chi connectivity index (χ3v) is 3.34. The summed E-state index contributed by atoms with van der Waals surface area (Å²) in [6, 6.07) is 13.0. The summed E-state index contributed by atoms with van der Waals surface area (Å²) in [6.07, 6.45) is 1.57. The van der Waals surface area contributed by atoms with E-state index in [-0.39, 0.29) is 10.6 Å². The first-order valence-corrected chi connectivity index (χ1v) is 6.62. The maximum Gasteiger partial charge on any atom is 0.257 e. The molecule has 1 heterocycles. The molecule has 2 aromatic carbocycles. The van der Waals surface area contributed by atoms with Crippen molar-refractivity contribution in [2.24, 2.45) is 0 Å². The van der Waals surface area contributed by atoms with Crippen LogP contribution in [0.1, 0.15) is 10.4 Å². The van der Waals surface area contributed by atoms with Crippen LogP contribution in [0.15, 0.2) is 54.7 Å². The summed E-state index contributed by atoms with van der Waals surface area (Å²) in [7, 11) is 0. The largest absolute Gasteiger partial charge is 0.321 e. The van der Waals surface area contributed by atoms with Gasteiger partial charge in [-0.3, -0.25) is 9.78 Å². The maximum atomic E-state index is 13.0. The Morgan fingerprint density at radius 3 is 2.76 bits per heavy atom. The van der Waals surface area contributed by atoms with Crippen molar-refractivity contribution in [3.63, 3.8) is 0 Å². The van der Waals surface area contributed by atoms with Gasteiger partial charge < -0.3 is 5.32 Å². The van der Waals surface area contributed by atoms with Crippen LogP contribution in [-0.4, -0.2) is 10.9 Å². The van der Waals surface area contributed by atoms with Crippen molar-refractivity contribution in [2.45, 2.75) is 0 Å². The molecule has 3 aromatic rings. The number of para-hydroxylation sites is 1. The van der Waals surface area contributed by atoms with E-state index in [9.17, 15) is 9.18 Å². The van der Waals surface area contributed by atoms with E-state index >= 15 is 0 Å². The molecule has 0 fully saturated rings. The van der Waals surface area contributed by atoms with Gasteiger partial charge in [0, 0.05) is 5.39 Å². The molecule has 0 radical (unpaired) electrons. The molecule has 0 saturated heterocycles. The lowest BCUT2D eigenvalue weighted by atomic mass is 10.2. The van der Waals surface area contributed by atoms with Gasteiger partial charge in [0.05, 0.1) is 28.0 Å². The third kappa shape index (κ3) is 2.85.